The number of aliphatic hydroxyl groups is 2. The number of thiol groups is 1. The van der Waals surface area contributed by atoms with Crippen molar-refractivity contribution >= 4 is 77.6 Å². The molecule has 2 rings (SSSR count). The lowest BCUT2D eigenvalue weighted by molar-refractivity contribution is -0.145. The Bertz CT molecular complexity index is 1640. The summed E-state index contributed by atoms with van der Waals surface area (Å²) in [6.45, 7) is 0.510. The zero-order chi connectivity index (χ0) is 44.2. The molecule has 1 aromatic rings. The largest absolute Gasteiger partial charge is 0.480 e. The van der Waals surface area contributed by atoms with E-state index >= 15 is 0 Å². The van der Waals surface area contributed by atoms with E-state index in [-0.39, 0.29) is 25.1 Å². The van der Waals surface area contributed by atoms with Crippen molar-refractivity contribution in [1.82, 2.24) is 42.1 Å². The first-order valence-electron chi connectivity index (χ1n) is 18.7. The van der Waals surface area contributed by atoms with Gasteiger partial charge in [0.05, 0.1) is 31.8 Å². The Morgan fingerprint density at radius 3 is 2.05 bits per heavy atom. The summed E-state index contributed by atoms with van der Waals surface area (Å²) in [5.41, 5.74) is 6.47. The molecule has 23 heteroatoms. The average molecular weight is 870 g/mol. The van der Waals surface area contributed by atoms with Gasteiger partial charge in [-0.2, -0.15) is 24.4 Å². The average Bonchev–Trinajstić information content (AvgIpc) is 3.70. The zero-order valence-corrected chi connectivity index (χ0v) is 34.7. The third-order valence-corrected chi connectivity index (χ3v) is 10.0. The van der Waals surface area contributed by atoms with Gasteiger partial charge in [0, 0.05) is 18.7 Å². The normalized spacial score (nSPS) is 17.1. The maximum Gasteiger partial charge on any atom is 0.328 e. The Labute approximate surface area is 350 Å². The van der Waals surface area contributed by atoms with Crippen LogP contribution in [0.15, 0.2) is 30.3 Å². The molecule has 1 heterocycles. The van der Waals surface area contributed by atoms with Crippen molar-refractivity contribution in [2.45, 2.75) is 87.9 Å². The molecule has 0 unspecified atom stereocenters. The van der Waals surface area contributed by atoms with E-state index in [4.69, 9.17) is 5.73 Å². The number of carboxylic acids is 1. The van der Waals surface area contributed by atoms with E-state index in [1.807, 2.05) is 6.26 Å². The summed E-state index contributed by atoms with van der Waals surface area (Å²) in [6.07, 6.45) is 1.37. The summed E-state index contributed by atoms with van der Waals surface area (Å²) < 4.78 is 0. The van der Waals surface area contributed by atoms with Crippen LogP contribution < -0.4 is 43.0 Å². The molecule has 0 spiro atoms. The number of carbonyl (C=O) groups is 9. The fraction of sp³-hybridized carbons (Fsp3) is 0.583. The second-order valence-corrected chi connectivity index (χ2v) is 15.0. The van der Waals surface area contributed by atoms with Crippen molar-refractivity contribution in [3.05, 3.63) is 35.9 Å². The molecule has 59 heavy (non-hydrogen) atoms. The molecule has 8 amide bonds. The molecule has 1 fully saturated rings. The van der Waals surface area contributed by atoms with Crippen molar-refractivity contribution in [3.8, 4) is 0 Å². The number of nitrogens with zero attached hydrogens (tertiary/aromatic N) is 1. The van der Waals surface area contributed by atoms with Crippen molar-refractivity contribution in [2.24, 2.45) is 5.73 Å². The predicted molar refractivity (Wildman–Crippen MR) is 217 cm³/mol. The van der Waals surface area contributed by atoms with E-state index in [9.17, 15) is 58.5 Å². The minimum absolute atomic E-state index is 0.0413. The number of amides is 8. The van der Waals surface area contributed by atoms with Gasteiger partial charge in [-0.3, -0.25) is 38.4 Å². The number of carboxylic acid groups (broad SMARTS) is 1. The first-order chi connectivity index (χ1) is 27.9. The number of hydrogen-bond donors (Lipinski definition) is 12. The Kier molecular flexibility index (Phi) is 21.7. The summed E-state index contributed by atoms with van der Waals surface area (Å²) in [5, 5.41) is 45.3. The van der Waals surface area contributed by atoms with Crippen LogP contribution in [0.2, 0.25) is 0 Å². The second kappa shape index (κ2) is 25.5. The highest BCUT2D eigenvalue weighted by Gasteiger charge is 2.38. The Balaban J connectivity index is 2.02. The Hall–Kier alpha value is -4.97. The maximum atomic E-state index is 13.5. The van der Waals surface area contributed by atoms with Crippen LogP contribution in [0.3, 0.4) is 0 Å². The summed E-state index contributed by atoms with van der Waals surface area (Å²) in [5.74, 6) is -7.18. The molecule has 21 nitrogen and oxygen atoms in total. The third kappa shape index (κ3) is 16.7. The topological polar surface area (TPSA) is 328 Å². The molecule has 328 valence electrons. The Morgan fingerprint density at radius 2 is 1.47 bits per heavy atom. The van der Waals surface area contributed by atoms with Crippen molar-refractivity contribution in [1.29, 1.82) is 0 Å². The van der Waals surface area contributed by atoms with Crippen LogP contribution in [0.1, 0.15) is 38.7 Å². The van der Waals surface area contributed by atoms with Gasteiger partial charge in [0.1, 0.15) is 36.3 Å². The van der Waals surface area contributed by atoms with Gasteiger partial charge in [0.15, 0.2) is 0 Å². The van der Waals surface area contributed by atoms with E-state index in [1.54, 1.807) is 30.3 Å². The molecule has 0 radical (unpaired) electrons. The summed E-state index contributed by atoms with van der Waals surface area (Å²) in [7, 11) is 0. The molecule has 8 atom stereocenters. The van der Waals surface area contributed by atoms with Crippen LogP contribution in [0.25, 0.3) is 0 Å². The van der Waals surface area contributed by atoms with E-state index in [0.29, 0.717) is 24.2 Å². The number of thioether (sulfide) groups is 1. The monoisotopic (exact) mass is 869 g/mol. The number of nitrogens with two attached hydrogens (primary N) is 1. The molecule has 1 saturated heterocycles. The molecular formula is C36H55N9O12S2. The maximum absolute atomic E-state index is 13.5. The lowest BCUT2D eigenvalue weighted by Gasteiger charge is -2.29. The highest BCUT2D eigenvalue weighted by molar-refractivity contribution is 7.98. The van der Waals surface area contributed by atoms with Gasteiger partial charge in [-0.05, 0) is 50.7 Å². The third-order valence-electron chi connectivity index (χ3n) is 9.01. The van der Waals surface area contributed by atoms with Gasteiger partial charge in [0.2, 0.25) is 47.3 Å². The van der Waals surface area contributed by atoms with Gasteiger partial charge in [-0.1, -0.05) is 30.3 Å². The molecule has 0 bridgehead atoms. The number of likely N-dealkylation sites (tertiary alicyclic amines) is 1. The highest BCUT2D eigenvalue weighted by atomic mass is 32.2. The summed E-state index contributed by atoms with van der Waals surface area (Å²) in [6, 6.07) is -0.0825. The van der Waals surface area contributed by atoms with Crippen LogP contribution in [-0.2, 0) is 49.6 Å². The van der Waals surface area contributed by atoms with E-state index in [0.717, 1.165) is 0 Å². The number of aliphatic hydroxyl groups excluding tert-OH is 2. The Morgan fingerprint density at radius 1 is 0.847 bits per heavy atom. The van der Waals surface area contributed by atoms with Crippen molar-refractivity contribution in [3.63, 3.8) is 0 Å². The van der Waals surface area contributed by atoms with E-state index in [2.05, 4.69) is 49.8 Å². The predicted octanol–water partition coefficient (Wildman–Crippen LogP) is -4.64. The first kappa shape index (κ1) is 50.2. The fourth-order valence-corrected chi connectivity index (χ4v) is 6.48. The molecule has 0 aliphatic carbocycles. The fourth-order valence-electron chi connectivity index (χ4n) is 5.73. The molecular weight excluding hydrogens is 815 g/mol. The second-order valence-electron chi connectivity index (χ2n) is 13.7. The molecule has 1 aliphatic heterocycles. The lowest BCUT2D eigenvalue weighted by Crippen LogP contribution is -2.58. The van der Waals surface area contributed by atoms with Gasteiger partial charge < -0.3 is 63.2 Å². The zero-order valence-electron chi connectivity index (χ0n) is 33.0. The number of nitrogens with one attached hydrogen (secondary N) is 7. The van der Waals surface area contributed by atoms with Crippen LogP contribution in [0, 0.1) is 0 Å². The summed E-state index contributed by atoms with van der Waals surface area (Å²) >= 11 is 5.57. The van der Waals surface area contributed by atoms with Crippen LogP contribution in [0.5, 0.6) is 0 Å². The van der Waals surface area contributed by atoms with Crippen LogP contribution in [-0.4, -0.2) is 166 Å². The van der Waals surface area contributed by atoms with Gasteiger partial charge in [-0.25, -0.2) is 4.79 Å². The number of rotatable bonds is 24. The number of hydrogen-bond acceptors (Lipinski definition) is 14. The SMILES string of the molecule is CSCC[C@H](N)C(=O)N[C@@H](CS)C(=O)NCC(=O)N[C@H](C(=O)NCC(=O)N[C@@H](Cc1ccccc1)C(=O)N[C@@H](C)C(=O)N1CCC[C@H]1C(=O)N[C@@H](CO)C(=O)O)[C@@H](C)O. The van der Waals surface area contributed by atoms with Crippen molar-refractivity contribution < 1.29 is 58.5 Å². The van der Waals surface area contributed by atoms with Crippen LogP contribution >= 0.6 is 24.4 Å². The first-order valence-corrected chi connectivity index (χ1v) is 20.7. The number of carbonyl (C=O) groups excluding carboxylic acids is 8. The van der Waals surface area contributed by atoms with E-state index in [1.165, 1.54) is 30.5 Å². The van der Waals surface area contributed by atoms with Gasteiger partial charge in [0.25, 0.3) is 0 Å². The molecule has 1 aromatic carbocycles. The molecule has 1 aliphatic rings. The number of aliphatic carboxylic acids is 1. The molecule has 0 aromatic heterocycles. The standard InChI is InChI=1S/C36H55N9O12S2/c1-19(35(55)45-12-7-10-26(45)33(53)42-24(17-46)36(56)57)40-32(52)23(14-21-8-5-4-6-9-21)41-27(48)15-39-34(54)29(20(2)47)44-28(49)16-38-31(51)25(18-58)43-30(50)22(37)11-13-59-3/h4-6,8-9,19-20,22-26,29,46-47,58H,7,10-18,37H2,1-3H3,(H,38,51)(H,39,54)(H,40,52)(H,41,48)(H,42,53)(H,43,50)(H,44,49)(H,56,57)/t19-,20+,22-,23-,24-,25-,26-,29-/m0/s1. The minimum Gasteiger partial charge on any atom is -0.480 e. The van der Waals surface area contributed by atoms with Crippen LogP contribution in [0.4, 0.5) is 0 Å². The van der Waals surface area contributed by atoms with Crippen molar-refractivity contribution in [2.75, 3.05) is 44.0 Å². The molecule has 0 saturated carbocycles. The lowest BCUT2D eigenvalue weighted by atomic mass is 10.0. The molecule has 12 N–H and O–H groups in total. The smallest absolute Gasteiger partial charge is 0.328 e. The highest BCUT2D eigenvalue weighted by Crippen LogP contribution is 2.19. The van der Waals surface area contributed by atoms with E-state index < -0.39 is 121 Å². The quantitative estimate of drug-likeness (QED) is 0.0435. The van der Waals surface area contributed by atoms with Gasteiger partial charge in [-0.15, -0.1) is 0 Å². The van der Waals surface area contributed by atoms with Gasteiger partial charge >= 0.3 is 5.97 Å². The minimum atomic E-state index is -1.58. The summed E-state index contributed by atoms with van der Waals surface area (Å²) in [4.78, 5) is 116. The number of benzene rings is 1.